The monoisotopic (exact) mass is 284 g/mol. The number of hydrogen-bond acceptors (Lipinski definition) is 4. The highest BCUT2D eigenvalue weighted by molar-refractivity contribution is 6.60. The summed E-state index contributed by atoms with van der Waals surface area (Å²) < 4.78 is 17.3. The molecule has 0 saturated carbocycles. The molecule has 0 radical (unpaired) electrons. The second-order valence-electron chi connectivity index (χ2n) is 4.35. The zero-order chi connectivity index (χ0) is 14.4. The van der Waals surface area contributed by atoms with Gasteiger partial charge in [-0.25, -0.2) is 0 Å². The fourth-order valence-electron chi connectivity index (χ4n) is 1.93. The first kappa shape index (κ1) is 16.3. The molecule has 108 valence electrons. The molecule has 1 atom stereocenters. The second-order valence-corrected chi connectivity index (χ2v) is 7.21. The van der Waals surface area contributed by atoms with Gasteiger partial charge in [0, 0.05) is 24.8 Å². The third kappa shape index (κ3) is 4.40. The molecule has 0 fully saturated rings. The van der Waals surface area contributed by atoms with Gasteiger partial charge < -0.3 is 18.4 Å². The van der Waals surface area contributed by atoms with Gasteiger partial charge in [0.2, 0.25) is 0 Å². The van der Waals surface area contributed by atoms with Crippen molar-refractivity contribution in [1.82, 2.24) is 0 Å². The van der Waals surface area contributed by atoms with Crippen LogP contribution < -0.4 is 0 Å². The standard InChI is InChI=1S/C14H24O4Si/c1-5-16-19(7-3,17-6-2)18-14(4,15)13-11-9-8-10-12-13/h8-12,15H,5-7H2,1-4H3. The average molecular weight is 284 g/mol. The minimum atomic E-state index is -2.84. The number of hydrogen-bond donors (Lipinski definition) is 1. The van der Waals surface area contributed by atoms with E-state index < -0.39 is 14.6 Å². The van der Waals surface area contributed by atoms with Crippen molar-refractivity contribution in [2.45, 2.75) is 39.5 Å². The van der Waals surface area contributed by atoms with Crippen LogP contribution in [0.2, 0.25) is 6.04 Å². The summed E-state index contributed by atoms with van der Waals surface area (Å²) in [6.45, 7) is 8.39. The maximum Gasteiger partial charge on any atom is 0.503 e. The Kier molecular flexibility index (Phi) is 6.16. The van der Waals surface area contributed by atoms with Crippen molar-refractivity contribution in [2.75, 3.05) is 13.2 Å². The van der Waals surface area contributed by atoms with Crippen LogP contribution in [0.3, 0.4) is 0 Å². The fraction of sp³-hybridized carbons (Fsp3) is 0.571. The Morgan fingerprint density at radius 1 is 1.05 bits per heavy atom. The van der Waals surface area contributed by atoms with Crippen LogP contribution in [0.15, 0.2) is 30.3 Å². The Bertz CT molecular complexity index is 361. The first-order chi connectivity index (χ1) is 8.99. The Morgan fingerprint density at radius 2 is 1.58 bits per heavy atom. The topological polar surface area (TPSA) is 47.9 Å². The van der Waals surface area contributed by atoms with Crippen LogP contribution in [-0.4, -0.2) is 27.1 Å². The van der Waals surface area contributed by atoms with Crippen LogP contribution in [0.4, 0.5) is 0 Å². The molecule has 5 heteroatoms. The molecular formula is C14H24O4Si. The SMILES string of the molecule is CCO[Si](CC)(OCC)OC(C)(O)c1ccccc1. The van der Waals surface area contributed by atoms with E-state index in [1.54, 1.807) is 6.92 Å². The molecule has 1 rings (SSSR count). The zero-order valence-corrected chi connectivity index (χ0v) is 13.2. The number of aliphatic hydroxyl groups is 1. The van der Waals surface area contributed by atoms with Crippen LogP contribution in [-0.2, 0) is 19.1 Å². The summed E-state index contributed by atoms with van der Waals surface area (Å²) in [4.78, 5) is 0. The maximum atomic E-state index is 10.6. The minimum absolute atomic E-state index is 0.505. The van der Waals surface area contributed by atoms with Gasteiger partial charge in [0.1, 0.15) is 0 Å². The molecule has 1 aromatic carbocycles. The molecule has 0 bridgehead atoms. The van der Waals surface area contributed by atoms with Crippen LogP contribution in [0.1, 0.15) is 33.3 Å². The normalized spacial score (nSPS) is 15.2. The Morgan fingerprint density at radius 3 is 2.00 bits per heavy atom. The highest BCUT2D eigenvalue weighted by atomic mass is 28.4. The fourth-order valence-corrected chi connectivity index (χ4v) is 4.28. The summed E-state index contributed by atoms with van der Waals surface area (Å²) in [7, 11) is -2.84. The summed E-state index contributed by atoms with van der Waals surface area (Å²) in [6, 6.07) is 9.90. The Labute approximate surface area is 116 Å². The second kappa shape index (κ2) is 7.16. The minimum Gasteiger partial charge on any atom is -0.374 e. The van der Waals surface area contributed by atoms with Crippen molar-refractivity contribution in [3.05, 3.63) is 35.9 Å². The van der Waals surface area contributed by atoms with Gasteiger partial charge in [-0.2, -0.15) is 0 Å². The van der Waals surface area contributed by atoms with Gasteiger partial charge in [-0.1, -0.05) is 37.3 Å². The van der Waals surface area contributed by atoms with Gasteiger partial charge >= 0.3 is 8.80 Å². The first-order valence-corrected chi connectivity index (χ1v) is 8.68. The van der Waals surface area contributed by atoms with Gasteiger partial charge in [0.25, 0.3) is 0 Å². The lowest BCUT2D eigenvalue weighted by Gasteiger charge is -2.35. The van der Waals surface area contributed by atoms with Crippen molar-refractivity contribution in [3.8, 4) is 0 Å². The van der Waals surface area contributed by atoms with Crippen LogP contribution in [0.5, 0.6) is 0 Å². The summed E-state index contributed by atoms with van der Waals surface area (Å²) in [5.41, 5.74) is 0.694. The van der Waals surface area contributed by atoms with Crippen molar-refractivity contribution in [1.29, 1.82) is 0 Å². The largest absolute Gasteiger partial charge is 0.503 e. The predicted octanol–water partition coefficient (Wildman–Crippen LogP) is 2.90. The zero-order valence-electron chi connectivity index (χ0n) is 12.2. The highest BCUT2D eigenvalue weighted by Crippen LogP contribution is 2.29. The Balaban J connectivity index is 2.94. The van der Waals surface area contributed by atoms with E-state index >= 15 is 0 Å². The number of rotatable bonds is 8. The van der Waals surface area contributed by atoms with Crippen molar-refractivity contribution < 1.29 is 18.4 Å². The summed E-state index contributed by atoms with van der Waals surface area (Å²) in [5.74, 6) is -1.41. The Hall–Kier alpha value is -0.723. The van der Waals surface area contributed by atoms with Crippen molar-refractivity contribution in [3.63, 3.8) is 0 Å². The molecule has 0 saturated heterocycles. The number of benzene rings is 1. The van der Waals surface area contributed by atoms with Crippen molar-refractivity contribution >= 4 is 8.80 Å². The predicted molar refractivity (Wildman–Crippen MR) is 76.6 cm³/mol. The highest BCUT2D eigenvalue weighted by Gasteiger charge is 2.45. The molecule has 1 unspecified atom stereocenters. The molecule has 1 aromatic rings. The lowest BCUT2D eigenvalue weighted by atomic mass is 10.1. The summed E-state index contributed by atoms with van der Waals surface area (Å²) in [5, 5.41) is 10.6. The van der Waals surface area contributed by atoms with Crippen molar-refractivity contribution in [2.24, 2.45) is 0 Å². The molecule has 0 aliphatic heterocycles. The van der Waals surface area contributed by atoms with E-state index in [4.69, 9.17) is 13.3 Å². The lowest BCUT2D eigenvalue weighted by molar-refractivity contribution is -0.168. The maximum absolute atomic E-state index is 10.6. The van der Waals surface area contributed by atoms with E-state index in [0.717, 1.165) is 0 Å². The van der Waals surface area contributed by atoms with E-state index in [1.807, 2.05) is 51.1 Å². The van der Waals surface area contributed by atoms with E-state index in [1.165, 1.54) is 0 Å². The van der Waals surface area contributed by atoms with E-state index in [-0.39, 0.29) is 0 Å². The molecule has 0 spiro atoms. The van der Waals surface area contributed by atoms with E-state index in [2.05, 4.69) is 0 Å². The van der Waals surface area contributed by atoms with Gasteiger partial charge in [-0.05, 0) is 20.8 Å². The summed E-state index contributed by atoms with van der Waals surface area (Å²) in [6.07, 6.45) is 0. The lowest BCUT2D eigenvalue weighted by Crippen LogP contribution is -2.50. The van der Waals surface area contributed by atoms with E-state index in [9.17, 15) is 5.11 Å². The molecule has 0 heterocycles. The van der Waals surface area contributed by atoms with Gasteiger partial charge in [-0.15, -0.1) is 0 Å². The molecule has 4 nitrogen and oxygen atoms in total. The molecule has 19 heavy (non-hydrogen) atoms. The third-order valence-corrected chi connectivity index (χ3v) is 5.86. The van der Waals surface area contributed by atoms with Crippen LogP contribution >= 0.6 is 0 Å². The molecule has 0 aliphatic carbocycles. The third-order valence-electron chi connectivity index (χ3n) is 2.83. The van der Waals surface area contributed by atoms with Crippen LogP contribution in [0, 0.1) is 0 Å². The first-order valence-electron chi connectivity index (χ1n) is 6.75. The van der Waals surface area contributed by atoms with E-state index in [0.29, 0.717) is 24.8 Å². The molecular weight excluding hydrogens is 260 g/mol. The quantitative estimate of drug-likeness (QED) is 0.589. The van der Waals surface area contributed by atoms with Gasteiger partial charge in [0.05, 0.1) is 0 Å². The average Bonchev–Trinajstić information content (AvgIpc) is 2.40. The van der Waals surface area contributed by atoms with Crippen LogP contribution in [0.25, 0.3) is 0 Å². The molecule has 0 aromatic heterocycles. The molecule has 0 amide bonds. The molecule has 0 aliphatic rings. The smallest absolute Gasteiger partial charge is 0.374 e. The summed E-state index contributed by atoms with van der Waals surface area (Å²) >= 11 is 0. The molecule has 1 N–H and O–H groups in total. The van der Waals surface area contributed by atoms with Gasteiger partial charge in [0.15, 0.2) is 5.79 Å². The van der Waals surface area contributed by atoms with Gasteiger partial charge in [-0.3, -0.25) is 0 Å².